The Hall–Kier alpha value is -2.89. The van der Waals surface area contributed by atoms with E-state index in [9.17, 15) is 9.59 Å². The first-order valence-corrected chi connectivity index (χ1v) is 10.0. The number of rotatable bonds is 6. The summed E-state index contributed by atoms with van der Waals surface area (Å²) in [6.45, 7) is 7.62. The van der Waals surface area contributed by atoms with Crippen molar-refractivity contribution in [3.05, 3.63) is 53.9 Å². The van der Waals surface area contributed by atoms with Gasteiger partial charge in [0.1, 0.15) is 11.4 Å². The van der Waals surface area contributed by atoms with Crippen LogP contribution in [0.5, 0.6) is 0 Å². The summed E-state index contributed by atoms with van der Waals surface area (Å²) in [4.78, 5) is 33.6. The Bertz CT molecular complexity index is 810. The molecule has 3 rings (SSSR count). The molecule has 1 aliphatic rings. The number of likely N-dealkylation sites (tertiary alicyclic amines) is 1. The van der Waals surface area contributed by atoms with E-state index < -0.39 is 0 Å². The smallest absolute Gasteiger partial charge is 0.274 e. The van der Waals surface area contributed by atoms with Gasteiger partial charge < -0.3 is 15.1 Å². The number of hydrogen-bond acceptors (Lipinski definition) is 4. The van der Waals surface area contributed by atoms with E-state index in [1.165, 1.54) is 0 Å². The fourth-order valence-corrected chi connectivity index (χ4v) is 3.48. The van der Waals surface area contributed by atoms with Crippen LogP contribution in [0.2, 0.25) is 0 Å². The minimum Gasteiger partial charge on any atom is -0.372 e. The van der Waals surface area contributed by atoms with E-state index >= 15 is 0 Å². The molecule has 1 aromatic heterocycles. The van der Waals surface area contributed by atoms with Gasteiger partial charge in [-0.3, -0.25) is 9.59 Å². The van der Waals surface area contributed by atoms with Gasteiger partial charge in [-0.25, -0.2) is 4.98 Å². The van der Waals surface area contributed by atoms with Gasteiger partial charge in [0.05, 0.1) is 0 Å². The summed E-state index contributed by atoms with van der Waals surface area (Å²) in [5.74, 6) is -0.415. The van der Waals surface area contributed by atoms with E-state index in [1.807, 2.05) is 29.2 Å². The van der Waals surface area contributed by atoms with E-state index in [1.54, 1.807) is 18.2 Å². The van der Waals surface area contributed by atoms with Crippen LogP contribution < -0.4 is 10.2 Å². The highest BCUT2D eigenvalue weighted by Gasteiger charge is 2.20. The lowest BCUT2D eigenvalue weighted by molar-refractivity contribution is 0.0718. The van der Waals surface area contributed by atoms with Crippen molar-refractivity contribution in [3.63, 3.8) is 0 Å². The van der Waals surface area contributed by atoms with Crippen LogP contribution in [-0.4, -0.2) is 47.9 Å². The summed E-state index contributed by atoms with van der Waals surface area (Å²) < 4.78 is 0. The van der Waals surface area contributed by atoms with Gasteiger partial charge in [0, 0.05) is 37.6 Å². The number of benzene rings is 1. The van der Waals surface area contributed by atoms with Crippen molar-refractivity contribution in [2.75, 3.05) is 36.4 Å². The monoisotopic (exact) mass is 380 g/mol. The van der Waals surface area contributed by atoms with Crippen molar-refractivity contribution in [1.82, 2.24) is 9.88 Å². The third kappa shape index (κ3) is 4.68. The predicted octanol–water partition coefficient (Wildman–Crippen LogP) is 3.81. The van der Waals surface area contributed by atoms with E-state index in [0.717, 1.165) is 51.1 Å². The molecule has 1 saturated heterocycles. The Balaban J connectivity index is 1.68. The highest BCUT2D eigenvalue weighted by Crippen LogP contribution is 2.18. The van der Waals surface area contributed by atoms with Crippen LogP contribution in [0.15, 0.2) is 42.5 Å². The van der Waals surface area contributed by atoms with Gasteiger partial charge in [-0.15, -0.1) is 0 Å². The van der Waals surface area contributed by atoms with Gasteiger partial charge in [-0.1, -0.05) is 6.07 Å². The summed E-state index contributed by atoms with van der Waals surface area (Å²) in [7, 11) is 0. The summed E-state index contributed by atoms with van der Waals surface area (Å²) in [5.41, 5.74) is 2.40. The highest BCUT2D eigenvalue weighted by molar-refractivity contribution is 6.04. The van der Waals surface area contributed by atoms with Gasteiger partial charge in [-0.2, -0.15) is 0 Å². The number of aromatic nitrogens is 1. The van der Waals surface area contributed by atoms with Crippen molar-refractivity contribution >= 4 is 23.2 Å². The second-order valence-electron chi connectivity index (χ2n) is 6.93. The Morgan fingerprint density at radius 2 is 1.61 bits per heavy atom. The lowest BCUT2D eigenvalue weighted by Crippen LogP contribution is -2.36. The molecule has 1 N–H and O–H groups in total. The molecular weight excluding hydrogens is 352 g/mol. The molecule has 6 heteroatoms. The van der Waals surface area contributed by atoms with Crippen LogP contribution in [0.25, 0.3) is 0 Å². The van der Waals surface area contributed by atoms with Crippen molar-refractivity contribution in [2.24, 2.45) is 0 Å². The quantitative estimate of drug-likeness (QED) is 0.828. The normalized spacial score (nSPS) is 13.9. The van der Waals surface area contributed by atoms with Crippen molar-refractivity contribution in [1.29, 1.82) is 0 Å². The third-order valence-corrected chi connectivity index (χ3v) is 5.10. The topological polar surface area (TPSA) is 65.5 Å². The molecule has 0 aliphatic carbocycles. The molecule has 1 fully saturated rings. The zero-order valence-electron chi connectivity index (χ0n) is 16.6. The molecule has 0 bridgehead atoms. The molecule has 0 unspecified atom stereocenters. The van der Waals surface area contributed by atoms with Crippen molar-refractivity contribution in [2.45, 2.75) is 33.1 Å². The second kappa shape index (κ2) is 9.35. The van der Waals surface area contributed by atoms with E-state index in [0.29, 0.717) is 11.4 Å². The summed E-state index contributed by atoms with van der Waals surface area (Å²) in [6, 6.07) is 12.8. The predicted molar refractivity (Wildman–Crippen MR) is 112 cm³/mol. The minimum atomic E-state index is -0.316. The Morgan fingerprint density at radius 3 is 2.25 bits per heavy atom. The molecule has 28 heavy (non-hydrogen) atoms. The number of nitrogens with one attached hydrogen (secondary N) is 1. The van der Waals surface area contributed by atoms with Crippen molar-refractivity contribution < 1.29 is 9.59 Å². The molecule has 6 nitrogen and oxygen atoms in total. The number of amides is 2. The number of pyridine rings is 1. The Labute approximate surface area is 166 Å². The van der Waals surface area contributed by atoms with E-state index in [-0.39, 0.29) is 17.5 Å². The minimum absolute atomic E-state index is 0.0991. The number of nitrogens with zero attached hydrogens (tertiary/aromatic N) is 3. The van der Waals surface area contributed by atoms with Crippen LogP contribution in [0.3, 0.4) is 0 Å². The zero-order valence-corrected chi connectivity index (χ0v) is 16.6. The maximum atomic E-state index is 12.6. The summed E-state index contributed by atoms with van der Waals surface area (Å²) in [5, 5.41) is 2.86. The summed E-state index contributed by atoms with van der Waals surface area (Å²) >= 11 is 0. The largest absolute Gasteiger partial charge is 0.372 e. The molecule has 2 amide bonds. The highest BCUT2D eigenvalue weighted by atomic mass is 16.2. The third-order valence-electron chi connectivity index (χ3n) is 5.10. The molecule has 0 spiro atoms. The van der Waals surface area contributed by atoms with Crippen LogP contribution in [0, 0.1) is 0 Å². The molecule has 148 valence electrons. The first kappa shape index (κ1) is 19.9. The number of carbonyl (C=O) groups is 2. The standard InChI is InChI=1S/C22H28N4O2/c1-3-25(4-2)18-13-11-17(12-14-18)23-21(27)19-9-8-10-20(24-19)22(28)26-15-6-5-7-16-26/h8-14H,3-7,15-16H2,1-2H3,(H,23,27). The van der Waals surface area contributed by atoms with Crippen molar-refractivity contribution in [3.8, 4) is 0 Å². The van der Waals surface area contributed by atoms with Gasteiger partial charge in [0.25, 0.3) is 11.8 Å². The Kier molecular flexibility index (Phi) is 6.63. The first-order valence-electron chi connectivity index (χ1n) is 10.0. The first-order chi connectivity index (χ1) is 13.6. The molecular formula is C22H28N4O2. The molecule has 1 aromatic carbocycles. The fraction of sp³-hybridized carbons (Fsp3) is 0.409. The maximum absolute atomic E-state index is 12.6. The molecule has 2 aromatic rings. The number of hydrogen-bond donors (Lipinski definition) is 1. The average molecular weight is 380 g/mol. The van der Waals surface area contributed by atoms with Gasteiger partial charge in [-0.05, 0) is 69.5 Å². The van der Waals surface area contributed by atoms with Gasteiger partial charge in [0.15, 0.2) is 0 Å². The SMILES string of the molecule is CCN(CC)c1ccc(NC(=O)c2cccc(C(=O)N3CCCCC3)n2)cc1. The van der Waals surface area contributed by atoms with E-state index in [2.05, 4.69) is 29.0 Å². The Morgan fingerprint density at radius 1 is 0.964 bits per heavy atom. The zero-order chi connectivity index (χ0) is 19.9. The molecule has 0 saturated carbocycles. The average Bonchev–Trinajstić information content (AvgIpc) is 2.76. The molecule has 2 heterocycles. The van der Waals surface area contributed by atoms with Crippen LogP contribution in [0.4, 0.5) is 11.4 Å². The van der Waals surface area contributed by atoms with E-state index in [4.69, 9.17) is 0 Å². The number of anilines is 2. The number of piperidine rings is 1. The number of carbonyl (C=O) groups excluding carboxylic acids is 2. The molecule has 0 atom stereocenters. The van der Waals surface area contributed by atoms with Crippen LogP contribution in [-0.2, 0) is 0 Å². The maximum Gasteiger partial charge on any atom is 0.274 e. The summed E-state index contributed by atoms with van der Waals surface area (Å²) in [6.07, 6.45) is 3.21. The van der Waals surface area contributed by atoms with Crippen LogP contribution in [0.1, 0.15) is 54.1 Å². The van der Waals surface area contributed by atoms with Crippen LogP contribution >= 0.6 is 0 Å². The van der Waals surface area contributed by atoms with Gasteiger partial charge in [0.2, 0.25) is 0 Å². The molecule has 1 aliphatic heterocycles. The molecule has 0 radical (unpaired) electrons. The van der Waals surface area contributed by atoms with Gasteiger partial charge >= 0.3 is 0 Å². The lowest BCUT2D eigenvalue weighted by Gasteiger charge is -2.26. The fourth-order valence-electron chi connectivity index (χ4n) is 3.48. The second-order valence-corrected chi connectivity index (χ2v) is 6.93. The lowest BCUT2D eigenvalue weighted by atomic mass is 10.1.